The van der Waals surface area contributed by atoms with Gasteiger partial charge in [-0.05, 0) is 12.5 Å². The largest absolute Gasteiger partial charge is 0.351 e. The highest BCUT2D eigenvalue weighted by atomic mass is 35.5. The number of rotatable bonds is 5. The van der Waals surface area contributed by atoms with E-state index in [-0.39, 0.29) is 5.91 Å². The van der Waals surface area contributed by atoms with Crippen LogP contribution in [0.3, 0.4) is 0 Å². The highest BCUT2D eigenvalue weighted by Crippen LogP contribution is 2.34. The number of unbranched alkanes of at least 4 members (excludes halogenated alkanes) is 2. The summed E-state index contributed by atoms with van der Waals surface area (Å²) < 4.78 is 1.06. The van der Waals surface area contributed by atoms with Crippen LogP contribution in [0.1, 0.15) is 35.9 Å². The van der Waals surface area contributed by atoms with Gasteiger partial charge in [0.05, 0.1) is 5.02 Å². The summed E-state index contributed by atoms with van der Waals surface area (Å²) in [7, 11) is 0. The smallest absolute Gasteiger partial charge is 0.262 e. The summed E-state index contributed by atoms with van der Waals surface area (Å²) in [5.74, 6) is -0.0581. The van der Waals surface area contributed by atoms with Crippen LogP contribution in [0.5, 0.6) is 0 Å². The van der Waals surface area contributed by atoms with Gasteiger partial charge in [0, 0.05) is 16.6 Å². The van der Waals surface area contributed by atoms with Crippen LogP contribution in [-0.2, 0) is 0 Å². The van der Waals surface area contributed by atoms with Crippen molar-refractivity contribution >= 4 is 38.9 Å². The van der Waals surface area contributed by atoms with Crippen molar-refractivity contribution < 1.29 is 4.79 Å². The van der Waals surface area contributed by atoms with Crippen molar-refractivity contribution in [2.45, 2.75) is 26.2 Å². The molecule has 0 spiro atoms. The number of hydrogen-bond acceptors (Lipinski definition) is 2. The van der Waals surface area contributed by atoms with E-state index in [1.807, 2.05) is 24.3 Å². The zero-order chi connectivity index (χ0) is 13.0. The lowest BCUT2D eigenvalue weighted by molar-refractivity contribution is 0.0957. The Kier molecular flexibility index (Phi) is 4.61. The summed E-state index contributed by atoms with van der Waals surface area (Å²) in [4.78, 5) is 12.6. The van der Waals surface area contributed by atoms with Crippen LogP contribution in [-0.4, -0.2) is 12.5 Å². The number of hydrogen-bond donors (Lipinski definition) is 1. The van der Waals surface area contributed by atoms with Crippen molar-refractivity contribution in [1.29, 1.82) is 0 Å². The van der Waals surface area contributed by atoms with Crippen LogP contribution in [0.15, 0.2) is 24.3 Å². The Bertz CT molecular complexity index is 550. The fourth-order valence-electron chi connectivity index (χ4n) is 1.82. The Morgan fingerprint density at radius 2 is 2.11 bits per heavy atom. The first-order valence-corrected chi connectivity index (χ1v) is 7.38. The lowest BCUT2D eigenvalue weighted by Crippen LogP contribution is -2.23. The van der Waals surface area contributed by atoms with Gasteiger partial charge in [-0.15, -0.1) is 11.3 Å². The minimum atomic E-state index is -0.0581. The van der Waals surface area contributed by atoms with Gasteiger partial charge in [-0.2, -0.15) is 0 Å². The standard InChI is InChI=1S/C14H16ClNOS/c1-2-3-6-9-16-14(17)13-12(15)10-7-4-5-8-11(10)18-13/h4-5,7-8H,2-3,6,9H2,1H3,(H,16,17). The molecule has 0 saturated carbocycles. The van der Waals surface area contributed by atoms with E-state index in [2.05, 4.69) is 12.2 Å². The molecule has 2 rings (SSSR count). The molecule has 0 unspecified atom stereocenters. The molecule has 0 aliphatic heterocycles. The Hall–Kier alpha value is -1.06. The molecule has 96 valence electrons. The van der Waals surface area contributed by atoms with E-state index < -0.39 is 0 Å². The van der Waals surface area contributed by atoms with Crippen molar-refractivity contribution in [3.05, 3.63) is 34.2 Å². The van der Waals surface area contributed by atoms with Gasteiger partial charge in [0.1, 0.15) is 4.88 Å². The van der Waals surface area contributed by atoms with Crippen molar-refractivity contribution in [2.75, 3.05) is 6.54 Å². The minimum absolute atomic E-state index is 0.0581. The SMILES string of the molecule is CCCCCNC(=O)c1sc2ccccc2c1Cl. The summed E-state index contributed by atoms with van der Waals surface area (Å²) in [6.45, 7) is 2.86. The third-order valence-corrected chi connectivity index (χ3v) is 4.48. The van der Waals surface area contributed by atoms with Crippen LogP contribution in [0.2, 0.25) is 5.02 Å². The van der Waals surface area contributed by atoms with Gasteiger partial charge < -0.3 is 5.32 Å². The van der Waals surface area contributed by atoms with Crippen molar-refractivity contribution in [1.82, 2.24) is 5.32 Å². The second kappa shape index (κ2) is 6.21. The fraction of sp³-hybridized carbons (Fsp3) is 0.357. The molecule has 0 radical (unpaired) electrons. The molecule has 18 heavy (non-hydrogen) atoms. The average molecular weight is 282 g/mol. The molecule has 0 aliphatic carbocycles. The van der Waals surface area contributed by atoms with Crippen LogP contribution < -0.4 is 5.32 Å². The number of carbonyl (C=O) groups is 1. The van der Waals surface area contributed by atoms with Crippen molar-refractivity contribution in [2.24, 2.45) is 0 Å². The molecular formula is C14H16ClNOS. The van der Waals surface area contributed by atoms with E-state index in [9.17, 15) is 4.79 Å². The van der Waals surface area contributed by atoms with Gasteiger partial charge in [-0.25, -0.2) is 0 Å². The summed E-state index contributed by atoms with van der Waals surface area (Å²) in [6, 6.07) is 7.82. The van der Waals surface area contributed by atoms with Crippen LogP contribution >= 0.6 is 22.9 Å². The predicted octanol–water partition coefficient (Wildman–Crippen LogP) is 4.47. The zero-order valence-corrected chi connectivity index (χ0v) is 11.9. The Morgan fingerprint density at radius 3 is 2.83 bits per heavy atom. The number of halogens is 1. The van der Waals surface area contributed by atoms with Crippen LogP contribution in [0.4, 0.5) is 0 Å². The molecule has 2 nitrogen and oxygen atoms in total. The van der Waals surface area contributed by atoms with Gasteiger partial charge in [-0.3, -0.25) is 4.79 Å². The van der Waals surface area contributed by atoms with Crippen molar-refractivity contribution in [3.8, 4) is 0 Å². The second-order valence-electron chi connectivity index (χ2n) is 4.20. The fourth-order valence-corrected chi connectivity index (χ4v) is 3.25. The molecule has 1 N–H and O–H groups in total. The van der Waals surface area contributed by atoms with Crippen molar-refractivity contribution in [3.63, 3.8) is 0 Å². The third-order valence-electron chi connectivity index (χ3n) is 2.81. The normalized spacial score (nSPS) is 10.8. The topological polar surface area (TPSA) is 29.1 Å². The Balaban J connectivity index is 2.10. The Morgan fingerprint density at radius 1 is 1.33 bits per heavy atom. The molecule has 1 aromatic heterocycles. The van der Waals surface area contributed by atoms with E-state index in [0.717, 1.165) is 35.9 Å². The van der Waals surface area contributed by atoms with Gasteiger partial charge in [0.2, 0.25) is 0 Å². The average Bonchev–Trinajstić information content (AvgIpc) is 2.73. The van der Waals surface area contributed by atoms with Gasteiger partial charge in [0.15, 0.2) is 0 Å². The van der Waals surface area contributed by atoms with E-state index in [1.165, 1.54) is 11.3 Å². The summed E-state index contributed by atoms with van der Waals surface area (Å²) in [6.07, 6.45) is 3.31. The molecule has 1 aromatic carbocycles. The number of fused-ring (bicyclic) bond motifs is 1. The molecule has 0 aliphatic rings. The van der Waals surface area contributed by atoms with Gasteiger partial charge in [-0.1, -0.05) is 49.6 Å². The molecular weight excluding hydrogens is 266 g/mol. The number of nitrogens with one attached hydrogen (secondary N) is 1. The second-order valence-corrected chi connectivity index (χ2v) is 5.63. The zero-order valence-electron chi connectivity index (χ0n) is 10.3. The monoisotopic (exact) mass is 281 g/mol. The first-order valence-electron chi connectivity index (χ1n) is 6.19. The first kappa shape index (κ1) is 13.4. The molecule has 2 aromatic rings. The highest BCUT2D eigenvalue weighted by Gasteiger charge is 2.15. The molecule has 1 amide bonds. The quantitative estimate of drug-likeness (QED) is 0.805. The third kappa shape index (κ3) is 2.85. The molecule has 0 atom stereocenters. The molecule has 0 saturated heterocycles. The van der Waals surface area contributed by atoms with E-state index in [0.29, 0.717) is 9.90 Å². The van der Waals surface area contributed by atoms with E-state index in [4.69, 9.17) is 11.6 Å². The maximum Gasteiger partial charge on any atom is 0.262 e. The number of thiophene rings is 1. The Labute approximate surface area is 116 Å². The van der Waals surface area contributed by atoms with E-state index in [1.54, 1.807) is 0 Å². The molecule has 4 heteroatoms. The maximum absolute atomic E-state index is 12.0. The molecule has 1 heterocycles. The number of benzene rings is 1. The first-order chi connectivity index (χ1) is 8.74. The number of amides is 1. The van der Waals surface area contributed by atoms with Gasteiger partial charge >= 0.3 is 0 Å². The maximum atomic E-state index is 12.0. The lowest BCUT2D eigenvalue weighted by Gasteiger charge is -2.02. The minimum Gasteiger partial charge on any atom is -0.351 e. The van der Waals surface area contributed by atoms with Crippen LogP contribution in [0, 0.1) is 0 Å². The van der Waals surface area contributed by atoms with Gasteiger partial charge in [0.25, 0.3) is 5.91 Å². The summed E-state index contributed by atoms with van der Waals surface area (Å²) >= 11 is 7.69. The molecule has 0 bridgehead atoms. The summed E-state index contributed by atoms with van der Waals surface area (Å²) in [5.41, 5.74) is 0. The number of carbonyl (C=O) groups excluding carboxylic acids is 1. The van der Waals surface area contributed by atoms with E-state index >= 15 is 0 Å². The summed E-state index contributed by atoms with van der Waals surface area (Å²) in [5, 5.41) is 4.46. The lowest BCUT2D eigenvalue weighted by atomic mass is 10.2. The van der Waals surface area contributed by atoms with Crippen LogP contribution in [0.25, 0.3) is 10.1 Å². The molecule has 0 fully saturated rings. The predicted molar refractivity (Wildman–Crippen MR) is 78.7 cm³/mol. The highest BCUT2D eigenvalue weighted by molar-refractivity contribution is 7.21.